The molecule has 0 atom stereocenters. The monoisotopic (exact) mass is 471 g/mol. The molecule has 7 heteroatoms. The third-order valence-corrected chi connectivity index (χ3v) is 6.80. The standard InChI is InChI=1S/C19H20BrCl2N3S/c1-12-15(20)10-23-17(16(12)22)25-18(26)24-11-19(8-2-3-9-19)13-4-6-14(21)7-5-13/h4-7,10H,2-3,8-9,11H2,1H3,(H2,23,24,25,26). The number of aromatic nitrogens is 1. The number of halogens is 3. The van der Waals surface area contributed by atoms with Crippen LogP contribution in [-0.2, 0) is 5.41 Å². The van der Waals surface area contributed by atoms with Crippen molar-refractivity contribution in [2.75, 3.05) is 11.9 Å². The van der Waals surface area contributed by atoms with E-state index in [-0.39, 0.29) is 5.41 Å². The Labute approximate surface area is 178 Å². The highest BCUT2D eigenvalue weighted by Crippen LogP contribution is 2.41. The summed E-state index contributed by atoms with van der Waals surface area (Å²) in [6.45, 7) is 2.71. The van der Waals surface area contributed by atoms with Gasteiger partial charge in [-0.1, -0.05) is 48.2 Å². The van der Waals surface area contributed by atoms with Crippen molar-refractivity contribution in [1.29, 1.82) is 0 Å². The third-order valence-electron chi connectivity index (χ3n) is 5.04. The van der Waals surface area contributed by atoms with Crippen molar-refractivity contribution >= 4 is 62.3 Å². The van der Waals surface area contributed by atoms with Gasteiger partial charge >= 0.3 is 0 Å². The molecule has 0 spiro atoms. The van der Waals surface area contributed by atoms with Crippen LogP contribution in [0.4, 0.5) is 5.82 Å². The Morgan fingerprint density at radius 1 is 1.23 bits per heavy atom. The Balaban J connectivity index is 1.69. The second kappa shape index (κ2) is 8.42. The SMILES string of the molecule is Cc1c(Br)cnc(NC(=S)NCC2(c3ccc(Cl)cc3)CCCC2)c1Cl. The average Bonchev–Trinajstić information content (AvgIpc) is 3.11. The predicted molar refractivity (Wildman–Crippen MR) is 118 cm³/mol. The van der Waals surface area contributed by atoms with Crippen molar-refractivity contribution < 1.29 is 0 Å². The summed E-state index contributed by atoms with van der Waals surface area (Å²) >= 11 is 21.3. The minimum absolute atomic E-state index is 0.0865. The van der Waals surface area contributed by atoms with Gasteiger partial charge in [-0.2, -0.15) is 0 Å². The smallest absolute Gasteiger partial charge is 0.172 e. The molecule has 1 saturated carbocycles. The van der Waals surface area contributed by atoms with Gasteiger partial charge in [-0.25, -0.2) is 4.98 Å². The molecule has 0 radical (unpaired) electrons. The Bertz CT molecular complexity index is 805. The zero-order chi connectivity index (χ0) is 18.7. The molecule has 1 aliphatic rings. The van der Waals surface area contributed by atoms with Crippen LogP contribution in [0.1, 0.15) is 36.8 Å². The van der Waals surface area contributed by atoms with E-state index in [9.17, 15) is 0 Å². The summed E-state index contributed by atoms with van der Waals surface area (Å²) in [5.41, 5.74) is 2.33. The molecule has 1 aromatic carbocycles. The molecule has 0 aliphatic heterocycles. The molecule has 2 N–H and O–H groups in total. The number of rotatable bonds is 4. The van der Waals surface area contributed by atoms with Crippen LogP contribution in [-0.4, -0.2) is 16.6 Å². The van der Waals surface area contributed by atoms with Gasteiger partial charge in [0.1, 0.15) is 0 Å². The lowest BCUT2D eigenvalue weighted by Gasteiger charge is -2.30. The Kier molecular flexibility index (Phi) is 6.44. The molecule has 1 fully saturated rings. The van der Waals surface area contributed by atoms with Gasteiger partial charge in [-0.3, -0.25) is 0 Å². The van der Waals surface area contributed by atoms with Gasteiger partial charge in [0.25, 0.3) is 0 Å². The van der Waals surface area contributed by atoms with Crippen LogP contribution < -0.4 is 10.6 Å². The van der Waals surface area contributed by atoms with Crippen LogP contribution in [0.5, 0.6) is 0 Å². The molecule has 2 aromatic rings. The van der Waals surface area contributed by atoms with Gasteiger partial charge in [-0.15, -0.1) is 0 Å². The summed E-state index contributed by atoms with van der Waals surface area (Å²) in [5.74, 6) is 0.567. The van der Waals surface area contributed by atoms with Crippen molar-refractivity contribution in [1.82, 2.24) is 10.3 Å². The number of thiocarbonyl (C=S) groups is 1. The molecule has 3 nitrogen and oxygen atoms in total. The molecule has 138 valence electrons. The van der Waals surface area contributed by atoms with E-state index in [2.05, 4.69) is 43.7 Å². The summed E-state index contributed by atoms with van der Waals surface area (Å²) in [5, 5.41) is 8.34. The highest BCUT2D eigenvalue weighted by atomic mass is 79.9. The van der Waals surface area contributed by atoms with E-state index >= 15 is 0 Å². The van der Waals surface area contributed by atoms with Gasteiger partial charge in [0.15, 0.2) is 10.9 Å². The summed E-state index contributed by atoms with van der Waals surface area (Å²) < 4.78 is 0.875. The van der Waals surface area contributed by atoms with Crippen molar-refractivity contribution in [3.8, 4) is 0 Å². The average molecular weight is 473 g/mol. The summed E-state index contributed by atoms with van der Waals surface area (Å²) in [6, 6.07) is 8.17. The molecule has 0 saturated heterocycles. The molecule has 3 rings (SSSR count). The third kappa shape index (κ3) is 4.33. The molecular weight excluding hydrogens is 453 g/mol. The van der Waals surface area contributed by atoms with Crippen LogP contribution in [0.3, 0.4) is 0 Å². The van der Waals surface area contributed by atoms with Crippen LogP contribution in [0.15, 0.2) is 34.9 Å². The van der Waals surface area contributed by atoms with Gasteiger partial charge in [0.2, 0.25) is 0 Å². The van der Waals surface area contributed by atoms with E-state index < -0.39 is 0 Å². The number of nitrogens with zero attached hydrogens (tertiary/aromatic N) is 1. The summed E-state index contributed by atoms with van der Waals surface area (Å²) in [4.78, 5) is 4.31. The first-order valence-corrected chi connectivity index (χ1v) is 10.5. The molecule has 1 aromatic heterocycles. The number of hydrogen-bond acceptors (Lipinski definition) is 2. The maximum absolute atomic E-state index is 6.35. The van der Waals surface area contributed by atoms with Gasteiger partial charge < -0.3 is 10.6 Å². The maximum Gasteiger partial charge on any atom is 0.172 e. The van der Waals surface area contributed by atoms with Crippen molar-refractivity contribution in [3.63, 3.8) is 0 Å². The lowest BCUT2D eigenvalue weighted by Crippen LogP contribution is -2.40. The van der Waals surface area contributed by atoms with Gasteiger partial charge in [0, 0.05) is 27.7 Å². The van der Waals surface area contributed by atoms with E-state index in [1.165, 1.54) is 18.4 Å². The van der Waals surface area contributed by atoms with E-state index in [0.717, 1.165) is 34.4 Å². The van der Waals surface area contributed by atoms with Gasteiger partial charge in [0.05, 0.1) is 5.02 Å². The molecule has 1 aliphatic carbocycles. The number of nitrogens with one attached hydrogen (secondary N) is 2. The number of hydrogen-bond donors (Lipinski definition) is 2. The van der Waals surface area contributed by atoms with Crippen LogP contribution in [0, 0.1) is 6.92 Å². The normalized spacial score (nSPS) is 15.7. The topological polar surface area (TPSA) is 37.0 Å². The molecule has 26 heavy (non-hydrogen) atoms. The zero-order valence-corrected chi connectivity index (χ0v) is 18.3. The quantitative estimate of drug-likeness (QED) is 0.515. The molecule has 1 heterocycles. The van der Waals surface area contributed by atoms with Crippen molar-refractivity contribution in [2.45, 2.75) is 38.0 Å². The predicted octanol–water partition coefficient (Wildman–Crippen LogP) is 6.26. The van der Waals surface area contributed by atoms with Gasteiger partial charge in [-0.05, 0) is 71.2 Å². The maximum atomic E-state index is 6.35. The van der Waals surface area contributed by atoms with E-state index in [4.69, 9.17) is 35.4 Å². The highest BCUT2D eigenvalue weighted by molar-refractivity contribution is 9.10. The minimum atomic E-state index is 0.0865. The van der Waals surface area contributed by atoms with E-state index in [1.807, 2.05) is 19.1 Å². The fraction of sp³-hybridized carbons (Fsp3) is 0.368. The molecular formula is C19H20BrCl2N3S. The van der Waals surface area contributed by atoms with E-state index in [1.54, 1.807) is 6.20 Å². The molecule has 0 unspecified atom stereocenters. The highest BCUT2D eigenvalue weighted by Gasteiger charge is 2.35. The zero-order valence-electron chi connectivity index (χ0n) is 14.4. The molecule has 0 amide bonds. The first-order chi connectivity index (χ1) is 12.4. The summed E-state index contributed by atoms with van der Waals surface area (Å²) in [7, 11) is 0. The fourth-order valence-electron chi connectivity index (χ4n) is 3.47. The second-order valence-electron chi connectivity index (χ2n) is 6.70. The second-order valence-corrected chi connectivity index (χ2v) is 8.77. The fourth-order valence-corrected chi connectivity index (χ4v) is 4.38. The largest absolute Gasteiger partial charge is 0.362 e. The van der Waals surface area contributed by atoms with E-state index in [0.29, 0.717) is 16.0 Å². The summed E-state index contributed by atoms with van der Waals surface area (Å²) in [6.07, 6.45) is 6.45. The number of pyridine rings is 1. The molecule has 0 bridgehead atoms. The first kappa shape index (κ1) is 19.9. The van der Waals surface area contributed by atoms with Crippen molar-refractivity contribution in [3.05, 3.63) is 56.1 Å². The van der Waals surface area contributed by atoms with Crippen LogP contribution in [0.25, 0.3) is 0 Å². The number of benzene rings is 1. The lowest BCUT2D eigenvalue weighted by atomic mass is 9.79. The van der Waals surface area contributed by atoms with Crippen LogP contribution in [0.2, 0.25) is 10.0 Å². The van der Waals surface area contributed by atoms with Crippen LogP contribution >= 0.6 is 51.3 Å². The van der Waals surface area contributed by atoms with Crippen molar-refractivity contribution in [2.24, 2.45) is 0 Å². The Hall–Kier alpha value is -0.880. The minimum Gasteiger partial charge on any atom is -0.362 e. The first-order valence-electron chi connectivity index (χ1n) is 8.53. The Morgan fingerprint density at radius 3 is 2.54 bits per heavy atom. The lowest BCUT2D eigenvalue weighted by molar-refractivity contribution is 0.435. The number of anilines is 1. The Morgan fingerprint density at radius 2 is 1.88 bits per heavy atom.